The van der Waals surface area contributed by atoms with E-state index in [0.29, 0.717) is 25.1 Å². The molecule has 21 heavy (non-hydrogen) atoms. The summed E-state index contributed by atoms with van der Waals surface area (Å²) >= 11 is 0. The molecular formula is C15H14FN3O2. The SMILES string of the molecule is O=C(c1ccncc1)N1CCC(Oc2cccc(F)n2)C1. The van der Waals surface area contributed by atoms with E-state index in [9.17, 15) is 9.18 Å². The summed E-state index contributed by atoms with van der Waals surface area (Å²) in [5.74, 6) is -0.371. The molecule has 1 fully saturated rings. The third-order valence-electron chi connectivity index (χ3n) is 3.34. The minimum Gasteiger partial charge on any atom is -0.472 e. The van der Waals surface area contributed by atoms with Crippen molar-refractivity contribution in [3.05, 3.63) is 54.2 Å². The van der Waals surface area contributed by atoms with Crippen LogP contribution >= 0.6 is 0 Å². The predicted octanol–water partition coefficient (Wildman–Crippen LogP) is 1.91. The quantitative estimate of drug-likeness (QED) is 0.809. The summed E-state index contributed by atoms with van der Waals surface area (Å²) in [6, 6.07) is 7.79. The Bertz CT molecular complexity index is 636. The molecule has 0 bridgehead atoms. The number of pyridine rings is 2. The summed E-state index contributed by atoms with van der Waals surface area (Å²) in [6.45, 7) is 1.08. The first-order valence-corrected chi connectivity index (χ1v) is 6.71. The van der Waals surface area contributed by atoms with Crippen molar-refractivity contribution in [2.75, 3.05) is 13.1 Å². The zero-order valence-corrected chi connectivity index (χ0v) is 11.3. The number of aromatic nitrogens is 2. The lowest BCUT2D eigenvalue weighted by molar-refractivity contribution is 0.0770. The van der Waals surface area contributed by atoms with Crippen LogP contribution in [0.2, 0.25) is 0 Å². The molecule has 1 unspecified atom stereocenters. The van der Waals surface area contributed by atoms with E-state index in [4.69, 9.17) is 4.74 Å². The van der Waals surface area contributed by atoms with Gasteiger partial charge in [0.05, 0.1) is 6.54 Å². The zero-order chi connectivity index (χ0) is 14.7. The highest BCUT2D eigenvalue weighted by Gasteiger charge is 2.28. The zero-order valence-electron chi connectivity index (χ0n) is 11.3. The number of ether oxygens (including phenoxy) is 1. The van der Waals surface area contributed by atoms with Gasteiger partial charge in [-0.2, -0.15) is 9.37 Å². The van der Waals surface area contributed by atoms with Crippen molar-refractivity contribution in [2.24, 2.45) is 0 Å². The third kappa shape index (κ3) is 3.16. The average Bonchev–Trinajstić information content (AvgIpc) is 2.96. The number of amides is 1. The van der Waals surface area contributed by atoms with Crippen molar-refractivity contribution in [1.82, 2.24) is 14.9 Å². The highest BCUT2D eigenvalue weighted by molar-refractivity contribution is 5.94. The molecule has 5 nitrogen and oxygen atoms in total. The van der Waals surface area contributed by atoms with Crippen molar-refractivity contribution >= 4 is 5.91 Å². The lowest BCUT2D eigenvalue weighted by Crippen LogP contribution is -2.31. The topological polar surface area (TPSA) is 55.3 Å². The average molecular weight is 287 g/mol. The summed E-state index contributed by atoms with van der Waals surface area (Å²) in [5.41, 5.74) is 0.606. The van der Waals surface area contributed by atoms with Gasteiger partial charge in [0.25, 0.3) is 5.91 Å². The highest BCUT2D eigenvalue weighted by atomic mass is 19.1. The van der Waals surface area contributed by atoms with E-state index in [0.717, 1.165) is 0 Å². The van der Waals surface area contributed by atoms with Crippen LogP contribution in [-0.2, 0) is 0 Å². The van der Waals surface area contributed by atoms with Gasteiger partial charge < -0.3 is 9.64 Å². The standard InChI is InChI=1S/C15H14FN3O2/c16-13-2-1-3-14(18-13)21-12-6-9-19(10-12)15(20)11-4-7-17-8-5-11/h1-5,7-8,12H,6,9-10H2. The summed E-state index contributed by atoms with van der Waals surface area (Å²) in [5, 5.41) is 0. The predicted molar refractivity (Wildman–Crippen MR) is 73.4 cm³/mol. The molecule has 1 atom stereocenters. The minimum atomic E-state index is -0.574. The molecule has 0 spiro atoms. The molecule has 1 saturated heterocycles. The van der Waals surface area contributed by atoms with Gasteiger partial charge in [0.1, 0.15) is 6.10 Å². The van der Waals surface area contributed by atoms with E-state index in [1.165, 1.54) is 6.07 Å². The maximum absolute atomic E-state index is 13.0. The Morgan fingerprint density at radius 2 is 2.10 bits per heavy atom. The Hall–Kier alpha value is -2.50. The van der Waals surface area contributed by atoms with Gasteiger partial charge in [-0.25, -0.2) is 0 Å². The molecule has 1 amide bonds. The van der Waals surface area contributed by atoms with Crippen LogP contribution in [0, 0.1) is 5.95 Å². The van der Waals surface area contributed by atoms with Crippen molar-refractivity contribution < 1.29 is 13.9 Å². The minimum absolute atomic E-state index is 0.0456. The van der Waals surface area contributed by atoms with Gasteiger partial charge in [-0.1, -0.05) is 6.07 Å². The summed E-state index contributed by atoms with van der Waals surface area (Å²) in [6.07, 6.45) is 3.72. The molecule has 6 heteroatoms. The number of nitrogens with zero attached hydrogens (tertiary/aromatic N) is 3. The van der Waals surface area contributed by atoms with Crippen LogP contribution in [0.25, 0.3) is 0 Å². The van der Waals surface area contributed by atoms with E-state index >= 15 is 0 Å². The number of likely N-dealkylation sites (tertiary alicyclic amines) is 1. The molecular weight excluding hydrogens is 273 g/mol. The van der Waals surface area contributed by atoms with Gasteiger partial charge >= 0.3 is 0 Å². The molecule has 1 aliphatic rings. The number of hydrogen-bond acceptors (Lipinski definition) is 4. The molecule has 2 aromatic heterocycles. The Morgan fingerprint density at radius 1 is 1.29 bits per heavy atom. The van der Waals surface area contributed by atoms with E-state index in [2.05, 4.69) is 9.97 Å². The Kier molecular flexibility index (Phi) is 3.77. The first-order valence-electron chi connectivity index (χ1n) is 6.71. The van der Waals surface area contributed by atoms with Crippen LogP contribution < -0.4 is 4.74 Å². The largest absolute Gasteiger partial charge is 0.472 e. The second-order valence-electron chi connectivity index (χ2n) is 4.81. The molecule has 0 aliphatic carbocycles. The smallest absolute Gasteiger partial charge is 0.254 e. The Labute approximate surface area is 121 Å². The van der Waals surface area contributed by atoms with E-state index in [1.54, 1.807) is 41.6 Å². The molecule has 0 radical (unpaired) electrons. The first-order chi connectivity index (χ1) is 10.2. The van der Waals surface area contributed by atoms with Crippen molar-refractivity contribution in [3.63, 3.8) is 0 Å². The summed E-state index contributed by atoms with van der Waals surface area (Å²) in [4.78, 5) is 21.5. The van der Waals surface area contributed by atoms with Crippen LogP contribution in [-0.4, -0.2) is 40.0 Å². The van der Waals surface area contributed by atoms with Gasteiger partial charge in [0.2, 0.25) is 11.8 Å². The van der Waals surface area contributed by atoms with Gasteiger partial charge in [0, 0.05) is 37.0 Å². The van der Waals surface area contributed by atoms with E-state index in [1.807, 2.05) is 0 Å². The number of rotatable bonds is 3. The maximum atomic E-state index is 13.0. The van der Waals surface area contributed by atoms with Crippen LogP contribution in [0.5, 0.6) is 5.88 Å². The van der Waals surface area contributed by atoms with Crippen LogP contribution in [0.15, 0.2) is 42.7 Å². The number of halogens is 1. The number of carbonyl (C=O) groups is 1. The molecule has 3 rings (SSSR count). The fourth-order valence-electron chi connectivity index (χ4n) is 2.31. The third-order valence-corrected chi connectivity index (χ3v) is 3.34. The number of hydrogen-bond donors (Lipinski definition) is 0. The van der Waals surface area contributed by atoms with E-state index < -0.39 is 5.95 Å². The molecule has 0 N–H and O–H groups in total. The molecule has 0 saturated carbocycles. The second-order valence-corrected chi connectivity index (χ2v) is 4.81. The van der Waals surface area contributed by atoms with Crippen LogP contribution in [0.3, 0.4) is 0 Å². The van der Waals surface area contributed by atoms with Gasteiger partial charge in [-0.3, -0.25) is 9.78 Å². The van der Waals surface area contributed by atoms with Gasteiger partial charge in [0.15, 0.2) is 0 Å². The van der Waals surface area contributed by atoms with Crippen LogP contribution in [0.4, 0.5) is 4.39 Å². The molecule has 108 valence electrons. The molecule has 1 aliphatic heterocycles. The van der Waals surface area contributed by atoms with Crippen molar-refractivity contribution in [1.29, 1.82) is 0 Å². The second kappa shape index (κ2) is 5.87. The number of carbonyl (C=O) groups excluding carboxylic acids is 1. The Morgan fingerprint density at radius 3 is 2.86 bits per heavy atom. The van der Waals surface area contributed by atoms with Gasteiger partial charge in [-0.05, 0) is 18.2 Å². The highest BCUT2D eigenvalue weighted by Crippen LogP contribution is 2.18. The van der Waals surface area contributed by atoms with Crippen LogP contribution in [0.1, 0.15) is 16.8 Å². The lowest BCUT2D eigenvalue weighted by atomic mass is 10.2. The monoisotopic (exact) mass is 287 g/mol. The fraction of sp³-hybridized carbons (Fsp3) is 0.267. The summed E-state index contributed by atoms with van der Waals surface area (Å²) < 4.78 is 18.6. The molecule has 0 aromatic carbocycles. The molecule has 3 heterocycles. The normalized spacial score (nSPS) is 17.8. The van der Waals surface area contributed by atoms with Crippen molar-refractivity contribution in [2.45, 2.75) is 12.5 Å². The Balaban J connectivity index is 1.62. The maximum Gasteiger partial charge on any atom is 0.254 e. The molecule has 2 aromatic rings. The van der Waals surface area contributed by atoms with E-state index in [-0.39, 0.29) is 17.9 Å². The fourth-order valence-corrected chi connectivity index (χ4v) is 2.31. The first kappa shape index (κ1) is 13.5. The lowest BCUT2D eigenvalue weighted by Gasteiger charge is -2.16. The summed E-state index contributed by atoms with van der Waals surface area (Å²) in [7, 11) is 0. The van der Waals surface area contributed by atoms with Gasteiger partial charge in [-0.15, -0.1) is 0 Å². The van der Waals surface area contributed by atoms with Crippen molar-refractivity contribution in [3.8, 4) is 5.88 Å².